The second kappa shape index (κ2) is 12.2. The van der Waals surface area contributed by atoms with Gasteiger partial charge in [0.2, 0.25) is 5.91 Å². The summed E-state index contributed by atoms with van der Waals surface area (Å²) in [6.45, 7) is 2.27. The first kappa shape index (κ1) is 22.8. The maximum atomic E-state index is 12.0. The van der Waals surface area contributed by atoms with Gasteiger partial charge in [0.05, 0.1) is 6.61 Å². The van der Waals surface area contributed by atoms with Gasteiger partial charge < -0.3 is 20.7 Å². The van der Waals surface area contributed by atoms with Gasteiger partial charge in [-0.25, -0.2) is 0 Å². The van der Waals surface area contributed by atoms with Gasteiger partial charge >= 0.3 is 6.18 Å². The molecule has 0 atom stereocenters. The first-order valence-electron chi connectivity index (χ1n) is 8.77. The molecule has 0 aliphatic rings. The Morgan fingerprint density at radius 1 is 1.07 bits per heavy atom. The van der Waals surface area contributed by atoms with Crippen LogP contribution in [0.1, 0.15) is 30.9 Å². The lowest BCUT2D eigenvalue weighted by atomic mass is 10.1. The molecule has 0 saturated carbocycles. The van der Waals surface area contributed by atoms with Gasteiger partial charge in [0, 0.05) is 33.1 Å². The molecule has 0 spiro atoms. The largest absolute Gasteiger partial charge is 0.411 e. The van der Waals surface area contributed by atoms with Crippen molar-refractivity contribution in [2.75, 3.05) is 26.7 Å². The van der Waals surface area contributed by atoms with Crippen LogP contribution in [0.15, 0.2) is 29.3 Å². The molecule has 0 saturated heterocycles. The predicted octanol–water partition coefficient (Wildman–Crippen LogP) is 2.35. The second-order valence-corrected chi connectivity index (χ2v) is 5.88. The fraction of sp³-hybridized carbons (Fsp3) is 0.556. The highest BCUT2D eigenvalue weighted by molar-refractivity contribution is 5.81. The number of hydrogen-bond acceptors (Lipinski definition) is 3. The van der Waals surface area contributed by atoms with Gasteiger partial charge in [-0.1, -0.05) is 31.2 Å². The molecule has 0 radical (unpaired) electrons. The molecule has 6 nitrogen and oxygen atoms in total. The van der Waals surface area contributed by atoms with Crippen molar-refractivity contribution in [3.63, 3.8) is 0 Å². The lowest BCUT2D eigenvalue weighted by molar-refractivity contribution is -0.176. The molecule has 0 heterocycles. The Labute approximate surface area is 157 Å². The summed E-state index contributed by atoms with van der Waals surface area (Å²) >= 11 is 0. The van der Waals surface area contributed by atoms with Gasteiger partial charge in [-0.2, -0.15) is 13.2 Å². The number of nitrogens with one attached hydrogen (secondary N) is 3. The summed E-state index contributed by atoms with van der Waals surface area (Å²) in [6, 6.07) is 7.07. The van der Waals surface area contributed by atoms with Crippen LogP contribution in [0.4, 0.5) is 13.2 Å². The SMILES string of the molecule is CCCNC(=O)CCNC(=NC)NCc1ccc(COCC(F)(F)F)cc1. The first-order valence-corrected chi connectivity index (χ1v) is 8.77. The van der Waals surface area contributed by atoms with Gasteiger partial charge in [-0.05, 0) is 17.5 Å². The van der Waals surface area contributed by atoms with Gasteiger partial charge in [0.25, 0.3) is 0 Å². The number of hydrogen-bond donors (Lipinski definition) is 3. The van der Waals surface area contributed by atoms with Crippen molar-refractivity contribution in [2.45, 2.75) is 39.1 Å². The van der Waals surface area contributed by atoms with E-state index in [1.54, 1.807) is 19.2 Å². The van der Waals surface area contributed by atoms with Crippen molar-refractivity contribution in [3.05, 3.63) is 35.4 Å². The highest BCUT2D eigenvalue weighted by atomic mass is 19.4. The number of nitrogens with zero attached hydrogens (tertiary/aromatic N) is 1. The molecule has 152 valence electrons. The number of halogens is 3. The number of carbonyl (C=O) groups is 1. The van der Waals surface area contributed by atoms with Crippen LogP contribution >= 0.6 is 0 Å². The molecule has 0 aliphatic carbocycles. The first-order chi connectivity index (χ1) is 12.8. The lowest BCUT2D eigenvalue weighted by Crippen LogP contribution is -2.39. The lowest BCUT2D eigenvalue weighted by Gasteiger charge is -2.12. The van der Waals surface area contributed by atoms with E-state index in [-0.39, 0.29) is 12.5 Å². The number of aliphatic imine (C=N–C) groups is 1. The highest BCUT2D eigenvalue weighted by Gasteiger charge is 2.27. The third-order valence-electron chi connectivity index (χ3n) is 3.46. The minimum absolute atomic E-state index is 0.0110. The van der Waals surface area contributed by atoms with E-state index in [2.05, 4.69) is 25.7 Å². The standard InChI is InChI=1S/C18H27F3N4O2/c1-3-9-23-16(26)8-10-24-17(22-2)25-11-14-4-6-15(7-5-14)12-27-13-18(19,20)21/h4-7H,3,8-13H2,1-2H3,(H,23,26)(H2,22,24,25). The zero-order chi connectivity index (χ0) is 20.1. The molecule has 1 rings (SSSR count). The molecular formula is C18H27F3N4O2. The van der Waals surface area contributed by atoms with Crippen LogP contribution in [0.25, 0.3) is 0 Å². The number of rotatable bonds is 10. The number of amides is 1. The zero-order valence-corrected chi connectivity index (χ0v) is 15.7. The molecule has 0 aromatic heterocycles. The maximum Gasteiger partial charge on any atom is 0.411 e. The summed E-state index contributed by atoms with van der Waals surface area (Å²) in [5, 5.41) is 8.96. The van der Waals surface area contributed by atoms with E-state index < -0.39 is 12.8 Å². The average Bonchev–Trinajstić information content (AvgIpc) is 2.62. The van der Waals surface area contributed by atoms with Gasteiger partial charge in [0.1, 0.15) is 6.61 Å². The second-order valence-electron chi connectivity index (χ2n) is 5.88. The van der Waals surface area contributed by atoms with Crippen LogP contribution in [0.3, 0.4) is 0 Å². The summed E-state index contributed by atoms with van der Waals surface area (Å²) in [7, 11) is 1.63. The number of benzene rings is 1. The van der Waals surface area contributed by atoms with Crippen LogP contribution in [0.2, 0.25) is 0 Å². The Bertz CT molecular complexity index is 589. The molecule has 27 heavy (non-hydrogen) atoms. The van der Waals surface area contributed by atoms with Crippen LogP contribution in [0.5, 0.6) is 0 Å². The van der Waals surface area contributed by atoms with E-state index in [1.807, 2.05) is 19.1 Å². The van der Waals surface area contributed by atoms with E-state index in [0.717, 1.165) is 12.0 Å². The Morgan fingerprint density at radius 3 is 2.33 bits per heavy atom. The number of guanidine groups is 1. The molecule has 0 fully saturated rings. The third-order valence-corrected chi connectivity index (χ3v) is 3.46. The van der Waals surface area contributed by atoms with Gasteiger partial charge in [-0.3, -0.25) is 9.79 Å². The number of ether oxygens (including phenoxy) is 1. The van der Waals surface area contributed by atoms with Crippen molar-refractivity contribution < 1.29 is 22.7 Å². The van der Waals surface area contributed by atoms with E-state index >= 15 is 0 Å². The summed E-state index contributed by atoms with van der Waals surface area (Å²) in [4.78, 5) is 15.6. The van der Waals surface area contributed by atoms with E-state index in [0.29, 0.717) is 37.6 Å². The molecule has 3 N–H and O–H groups in total. The smallest absolute Gasteiger partial charge is 0.367 e. The van der Waals surface area contributed by atoms with Crippen LogP contribution in [0, 0.1) is 0 Å². The quantitative estimate of drug-likeness (QED) is 0.425. The molecule has 0 aliphatic heterocycles. The summed E-state index contributed by atoms with van der Waals surface area (Å²) in [6.07, 6.45) is -3.06. The van der Waals surface area contributed by atoms with Crippen LogP contribution in [-0.2, 0) is 22.7 Å². The van der Waals surface area contributed by atoms with Crippen molar-refractivity contribution in [3.8, 4) is 0 Å². The van der Waals surface area contributed by atoms with Gasteiger partial charge in [0.15, 0.2) is 5.96 Å². The summed E-state index contributed by atoms with van der Waals surface area (Å²) in [5.74, 6) is 0.555. The van der Waals surface area contributed by atoms with Crippen molar-refractivity contribution in [1.29, 1.82) is 0 Å². The van der Waals surface area contributed by atoms with Crippen LogP contribution < -0.4 is 16.0 Å². The molecular weight excluding hydrogens is 361 g/mol. The van der Waals surface area contributed by atoms with Crippen LogP contribution in [-0.4, -0.2) is 44.8 Å². The Balaban J connectivity index is 2.31. The van der Waals surface area contributed by atoms with E-state index in [1.165, 1.54) is 0 Å². The predicted molar refractivity (Wildman–Crippen MR) is 98.3 cm³/mol. The Hall–Kier alpha value is -2.29. The van der Waals surface area contributed by atoms with Crippen molar-refractivity contribution in [2.24, 2.45) is 4.99 Å². The fourth-order valence-corrected chi connectivity index (χ4v) is 2.09. The minimum atomic E-state index is -4.32. The van der Waals surface area contributed by atoms with Crippen molar-refractivity contribution >= 4 is 11.9 Å². The molecule has 1 amide bonds. The molecule has 0 unspecified atom stereocenters. The summed E-state index contributed by atoms with van der Waals surface area (Å²) < 4.78 is 40.8. The molecule has 1 aromatic carbocycles. The number of alkyl halides is 3. The Kier molecular flexibility index (Phi) is 10.2. The topological polar surface area (TPSA) is 74.8 Å². The molecule has 1 aromatic rings. The molecule has 0 bridgehead atoms. The normalized spacial score (nSPS) is 12.0. The number of carbonyl (C=O) groups excluding carboxylic acids is 1. The van der Waals surface area contributed by atoms with Crippen molar-refractivity contribution in [1.82, 2.24) is 16.0 Å². The molecule has 9 heteroatoms. The zero-order valence-electron chi connectivity index (χ0n) is 15.7. The maximum absolute atomic E-state index is 12.0. The minimum Gasteiger partial charge on any atom is -0.367 e. The highest BCUT2D eigenvalue weighted by Crippen LogP contribution is 2.15. The summed E-state index contributed by atoms with van der Waals surface area (Å²) in [5.41, 5.74) is 1.61. The average molecular weight is 388 g/mol. The Morgan fingerprint density at radius 2 is 1.74 bits per heavy atom. The monoisotopic (exact) mass is 388 g/mol. The van der Waals surface area contributed by atoms with E-state index in [4.69, 9.17) is 0 Å². The van der Waals surface area contributed by atoms with E-state index in [9.17, 15) is 18.0 Å². The van der Waals surface area contributed by atoms with Gasteiger partial charge in [-0.15, -0.1) is 0 Å². The fourth-order valence-electron chi connectivity index (χ4n) is 2.09. The third kappa shape index (κ3) is 11.1.